The highest BCUT2D eigenvalue weighted by Gasteiger charge is 2.06. The van der Waals surface area contributed by atoms with Crippen molar-refractivity contribution in [3.8, 4) is 11.8 Å². The molecule has 1 N–H and O–H groups in total. The fourth-order valence-electron chi connectivity index (χ4n) is 1.45. The molecule has 0 unspecified atom stereocenters. The predicted octanol–water partition coefficient (Wildman–Crippen LogP) is 5.55. The summed E-state index contributed by atoms with van der Waals surface area (Å²) in [6.07, 6.45) is 5.62. The van der Waals surface area contributed by atoms with Gasteiger partial charge >= 0.3 is 6.01 Å². The minimum absolute atomic E-state index is 0.262. The maximum atomic E-state index is 6.21. The largest absolute Gasteiger partial charge is 0.423 e. The molecule has 1 aromatic heterocycles. The average molecular weight is 389 g/mol. The van der Waals surface area contributed by atoms with E-state index in [1.54, 1.807) is 30.4 Å². The molecule has 0 spiro atoms. The lowest BCUT2D eigenvalue weighted by molar-refractivity contribution is 0.441. The molecule has 0 aliphatic rings. The van der Waals surface area contributed by atoms with Crippen LogP contribution in [0.1, 0.15) is 19.8 Å². The van der Waals surface area contributed by atoms with Crippen molar-refractivity contribution in [2.75, 3.05) is 10.5 Å². The van der Waals surface area contributed by atoms with Gasteiger partial charge in [-0.3, -0.25) is 0 Å². The summed E-state index contributed by atoms with van der Waals surface area (Å²) in [5.41, 5.74) is 0.949. The van der Waals surface area contributed by atoms with Crippen LogP contribution < -0.4 is 9.46 Å². The van der Waals surface area contributed by atoms with Crippen LogP contribution >= 0.6 is 39.5 Å². The maximum Gasteiger partial charge on any atom is 0.321 e. The van der Waals surface area contributed by atoms with E-state index in [0.717, 1.165) is 15.9 Å². The molecule has 1 aromatic carbocycles. The molecule has 0 saturated carbocycles. The van der Waals surface area contributed by atoms with Gasteiger partial charge in [0.1, 0.15) is 5.75 Å². The van der Waals surface area contributed by atoms with Gasteiger partial charge in [0, 0.05) is 23.8 Å². The van der Waals surface area contributed by atoms with Crippen LogP contribution in [-0.2, 0) is 0 Å². The number of rotatable bonds is 7. The van der Waals surface area contributed by atoms with Crippen LogP contribution in [-0.4, -0.2) is 15.7 Å². The van der Waals surface area contributed by atoms with Crippen LogP contribution in [0.15, 0.2) is 35.1 Å². The van der Waals surface area contributed by atoms with Crippen molar-refractivity contribution >= 4 is 45.2 Å². The Morgan fingerprint density at radius 2 is 2.10 bits per heavy atom. The van der Waals surface area contributed by atoms with Crippen molar-refractivity contribution in [1.82, 2.24) is 9.97 Å². The molecule has 2 aromatic rings. The zero-order valence-corrected chi connectivity index (χ0v) is 14.6. The summed E-state index contributed by atoms with van der Waals surface area (Å²) in [4.78, 5) is 8.10. The topological polar surface area (TPSA) is 47.0 Å². The Morgan fingerprint density at radius 1 is 1.33 bits per heavy atom. The van der Waals surface area contributed by atoms with Gasteiger partial charge in [0.25, 0.3) is 0 Å². The summed E-state index contributed by atoms with van der Waals surface area (Å²) in [6, 6.07) is 5.81. The summed E-state index contributed by atoms with van der Waals surface area (Å²) < 4.78 is 9.61. The molecule has 0 radical (unpaired) electrons. The predicted molar refractivity (Wildman–Crippen MR) is 92.2 cm³/mol. The smallest absolute Gasteiger partial charge is 0.321 e. The lowest BCUT2D eigenvalue weighted by Crippen LogP contribution is -1.93. The molecular formula is C14H15BrClN3OS. The SMILES string of the molecule is CCCCSNc1ccc(Oc2ncc(Br)cn2)c(Cl)c1. The van der Waals surface area contributed by atoms with Gasteiger partial charge in [-0.2, -0.15) is 0 Å². The van der Waals surface area contributed by atoms with Crippen LogP contribution in [0.4, 0.5) is 5.69 Å². The molecule has 4 nitrogen and oxygen atoms in total. The number of nitrogens with one attached hydrogen (secondary N) is 1. The van der Waals surface area contributed by atoms with Gasteiger partial charge in [-0.25, -0.2) is 9.97 Å². The number of hydrogen-bond donors (Lipinski definition) is 1. The summed E-state index contributed by atoms with van der Waals surface area (Å²) in [5, 5.41) is 0.516. The van der Waals surface area contributed by atoms with Crippen LogP contribution in [0.5, 0.6) is 11.8 Å². The highest BCUT2D eigenvalue weighted by Crippen LogP contribution is 2.31. The highest BCUT2D eigenvalue weighted by atomic mass is 79.9. The number of benzene rings is 1. The van der Waals surface area contributed by atoms with Crippen molar-refractivity contribution in [3.05, 3.63) is 40.1 Å². The van der Waals surface area contributed by atoms with Crippen molar-refractivity contribution in [1.29, 1.82) is 0 Å². The summed E-state index contributed by atoms with van der Waals surface area (Å²) >= 11 is 11.2. The summed E-state index contributed by atoms with van der Waals surface area (Å²) in [7, 11) is 0. The first-order valence-corrected chi connectivity index (χ1v) is 8.67. The first-order valence-electron chi connectivity index (χ1n) is 6.52. The van der Waals surface area contributed by atoms with Crippen LogP contribution in [0.3, 0.4) is 0 Å². The molecule has 112 valence electrons. The number of unbranched alkanes of at least 4 members (excludes halogenated alkanes) is 1. The zero-order valence-electron chi connectivity index (χ0n) is 11.5. The molecular weight excluding hydrogens is 374 g/mol. The van der Waals surface area contributed by atoms with Gasteiger partial charge < -0.3 is 9.46 Å². The van der Waals surface area contributed by atoms with Crippen molar-refractivity contribution < 1.29 is 4.74 Å². The fourth-order valence-corrected chi connectivity index (χ4v) is 2.70. The molecule has 21 heavy (non-hydrogen) atoms. The number of nitrogens with zero attached hydrogens (tertiary/aromatic N) is 2. The second-order valence-corrected chi connectivity index (χ2v) is 6.46. The minimum Gasteiger partial charge on any atom is -0.423 e. The van der Waals surface area contributed by atoms with E-state index in [4.69, 9.17) is 16.3 Å². The first kappa shape index (κ1) is 16.4. The van der Waals surface area contributed by atoms with Gasteiger partial charge in [-0.05, 0) is 40.5 Å². The van der Waals surface area contributed by atoms with Gasteiger partial charge in [0.2, 0.25) is 0 Å². The van der Waals surface area contributed by atoms with E-state index < -0.39 is 0 Å². The summed E-state index contributed by atoms with van der Waals surface area (Å²) in [5.74, 6) is 1.60. The van der Waals surface area contributed by atoms with Gasteiger partial charge in [0.15, 0.2) is 0 Å². The summed E-state index contributed by atoms with van der Waals surface area (Å²) in [6.45, 7) is 2.17. The van der Waals surface area contributed by atoms with Crippen LogP contribution in [0, 0.1) is 0 Å². The van der Waals surface area contributed by atoms with E-state index in [-0.39, 0.29) is 6.01 Å². The second kappa shape index (κ2) is 8.46. The fraction of sp³-hybridized carbons (Fsp3) is 0.286. The Balaban J connectivity index is 1.97. The van der Waals surface area contributed by atoms with E-state index in [1.165, 1.54) is 12.8 Å². The minimum atomic E-state index is 0.262. The monoisotopic (exact) mass is 387 g/mol. The molecule has 0 aliphatic carbocycles. The molecule has 0 amide bonds. The molecule has 0 fully saturated rings. The van der Waals surface area contributed by atoms with Crippen molar-refractivity contribution in [2.24, 2.45) is 0 Å². The van der Waals surface area contributed by atoms with Crippen molar-refractivity contribution in [2.45, 2.75) is 19.8 Å². The highest BCUT2D eigenvalue weighted by molar-refractivity contribution is 9.10. The molecule has 1 heterocycles. The Morgan fingerprint density at radius 3 is 2.76 bits per heavy atom. The van der Waals surface area contributed by atoms with Gasteiger partial charge in [-0.1, -0.05) is 36.9 Å². The van der Waals surface area contributed by atoms with Crippen LogP contribution in [0.2, 0.25) is 5.02 Å². The molecule has 7 heteroatoms. The Hall–Kier alpha value is -0.980. The number of aromatic nitrogens is 2. The lowest BCUT2D eigenvalue weighted by atomic mass is 10.3. The first-order chi connectivity index (χ1) is 10.2. The third-order valence-electron chi connectivity index (χ3n) is 2.52. The second-order valence-electron chi connectivity index (χ2n) is 4.24. The number of anilines is 1. The molecule has 0 atom stereocenters. The molecule has 0 aliphatic heterocycles. The Bertz CT molecular complexity index is 583. The van der Waals surface area contributed by atoms with E-state index in [0.29, 0.717) is 10.8 Å². The maximum absolute atomic E-state index is 6.21. The van der Waals surface area contributed by atoms with E-state index in [9.17, 15) is 0 Å². The lowest BCUT2D eigenvalue weighted by Gasteiger charge is -2.09. The number of hydrogen-bond acceptors (Lipinski definition) is 5. The van der Waals surface area contributed by atoms with Crippen molar-refractivity contribution in [3.63, 3.8) is 0 Å². The number of ether oxygens (including phenoxy) is 1. The third kappa shape index (κ3) is 5.37. The average Bonchev–Trinajstić information content (AvgIpc) is 2.48. The molecule has 0 bridgehead atoms. The van der Waals surface area contributed by atoms with E-state index in [1.807, 2.05) is 12.1 Å². The normalized spacial score (nSPS) is 10.4. The standard InChI is InChI=1S/C14H15BrClN3OS/c1-2-3-6-21-19-11-4-5-13(12(16)7-11)20-14-17-8-10(15)9-18-14/h4-5,7-9,19H,2-3,6H2,1H3. The Kier molecular flexibility index (Phi) is 6.60. The molecule has 2 rings (SSSR count). The van der Waals surface area contributed by atoms with Gasteiger partial charge in [-0.15, -0.1) is 0 Å². The van der Waals surface area contributed by atoms with Crippen LogP contribution in [0.25, 0.3) is 0 Å². The Labute approximate surface area is 141 Å². The van der Waals surface area contributed by atoms with E-state index >= 15 is 0 Å². The number of halogens is 2. The molecule has 0 saturated heterocycles. The zero-order chi connectivity index (χ0) is 15.1. The quantitative estimate of drug-likeness (QED) is 0.498. The van der Waals surface area contributed by atoms with Gasteiger partial charge in [0.05, 0.1) is 9.50 Å². The van der Waals surface area contributed by atoms with E-state index in [2.05, 4.69) is 37.5 Å². The third-order valence-corrected chi connectivity index (χ3v) is 4.10.